The van der Waals surface area contributed by atoms with Crippen molar-refractivity contribution in [3.63, 3.8) is 0 Å². The van der Waals surface area contributed by atoms with Crippen molar-refractivity contribution in [2.75, 3.05) is 63.1 Å². The van der Waals surface area contributed by atoms with Gasteiger partial charge >= 0.3 is 5.97 Å². The van der Waals surface area contributed by atoms with Crippen molar-refractivity contribution in [1.82, 2.24) is 0 Å². The first kappa shape index (κ1) is 41.9. The summed E-state index contributed by atoms with van der Waals surface area (Å²) < 4.78 is 37.1. The number of nitrogens with one attached hydrogen (secondary N) is 1. The Labute approximate surface area is 292 Å². The summed E-state index contributed by atoms with van der Waals surface area (Å²) in [7, 11) is 0. The zero-order valence-electron chi connectivity index (χ0n) is 27.2. The van der Waals surface area contributed by atoms with Gasteiger partial charge in [-0.05, 0) is 36.4 Å². The Balaban J connectivity index is 1.36. The summed E-state index contributed by atoms with van der Waals surface area (Å²) in [6.07, 6.45) is -14.3. The topological polar surface area (TPSA) is 273 Å². The lowest BCUT2D eigenvalue weighted by Gasteiger charge is -2.49. The molecule has 2 saturated heterocycles. The highest BCUT2D eigenvalue weighted by atomic mass is 32.2. The zero-order chi connectivity index (χ0) is 36.7. The number of aliphatic hydroxyl groups is 8. The van der Waals surface area contributed by atoms with Gasteiger partial charge in [0.15, 0.2) is 6.29 Å². The van der Waals surface area contributed by atoms with Crippen molar-refractivity contribution in [2.24, 2.45) is 0 Å². The van der Waals surface area contributed by atoms with Crippen LogP contribution in [0.4, 0.5) is 5.69 Å². The lowest BCUT2D eigenvalue weighted by Crippen LogP contribution is -2.71. The van der Waals surface area contributed by atoms with Crippen LogP contribution in [0.3, 0.4) is 0 Å². The number of carbonyl (C=O) groups is 2. The zero-order valence-corrected chi connectivity index (χ0v) is 28.0. The van der Waals surface area contributed by atoms with E-state index in [1.807, 2.05) is 0 Å². The van der Waals surface area contributed by atoms with Crippen molar-refractivity contribution in [2.45, 2.75) is 73.9 Å². The van der Waals surface area contributed by atoms with Crippen molar-refractivity contribution in [1.29, 1.82) is 0 Å². The molecule has 9 N–H and O–H groups in total. The van der Waals surface area contributed by atoms with E-state index < -0.39 is 80.3 Å². The molecule has 0 radical (unpaired) electrons. The van der Waals surface area contributed by atoms with Crippen molar-refractivity contribution >= 4 is 29.3 Å². The van der Waals surface area contributed by atoms with E-state index >= 15 is 0 Å². The quantitative estimate of drug-likeness (QED) is 0.0267. The lowest BCUT2D eigenvalue weighted by atomic mass is 9.94. The Bertz CT molecular complexity index is 1170. The third-order valence-electron chi connectivity index (χ3n) is 7.56. The Hall–Kier alpha value is -2.47. The maximum absolute atomic E-state index is 12.4. The molecule has 2 heterocycles. The molecule has 0 bridgehead atoms. The molecule has 284 valence electrons. The van der Waals surface area contributed by atoms with Crippen LogP contribution in [0.25, 0.3) is 0 Å². The number of rotatable bonds is 21. The molecule has 4 unspecified atom stereocenters. The van der Waals surface area contributed by atoms with Crippen LogP contribution in [0.15, 0.2) is 36.9 Å². The molecule has 1 aromatic carbocycles. The Morgan fingerprint density at radius 1 is 0.860 bits per heavy atom. The third kappa shape index (κ3) is 12.1. The second kappa shape index (κ2) is 21.2. The number of carbonyl (C=O) groups excluding carboxylic acids is 2. The number of anilines is 1. The summed E-state index contributed by atoms with van der Waals surface area (Å²) in [4.78, 5) is 23.3. The molecule has 2 aliphatic heterocycles. The van der Waals surface area contributed by atoms with Gasteiger partial charge in [0.25, 0.3) is 0 Å². The molecule has 18 nitrogen and oxygen atoms in total. The van der Waals surface area contributed by atoms with E-state index in [1.165, 1.54) is 24.3 Å². The summed E-state index contributed by atoms with van der Waals surface area (Å²) in [5.74, 6) is -2.08. The van der Waals surface area contributed by atoms with E-state index in [2.05, 4.69) is 11.9 Å². The Kier molecular flexibility index (Phi) is 17.7. The van der Waals surface area contributed by atoms with Crippen LogP contribution in [-0.2, 0) is 38.0 Å². The highest BCUT2D eigenvalue weighted by Gasteiger charge is 2.59. The number of thioether (sulfide) groups is 1. The number of esters is 1. The Morgan fingerprint density at radius 2 is 1.54 bits per heavy atom. The van der Waals surface area contributed by atoms with Crippen LogP contribution in [0.2, 0.25) is 0 Å². The fourth-order valence-corrected chi connectivity index (χ4v) is 5.63. The van der Waals surface area contributed by atoms with Gasteiger partial charge in [-0.3, -0.25) is 4.79 Å². The molecule has 50 heavy (non-hydrogen) atoms. The van der Waals surface area contributed by atoms with E-state index in [0.29, 0.717) is 31.3 Å². The number of benzene rings is 1. The second-order valence-corrected chi connectivity index (χ2v) is 12.4. The molecule has 3 rings (SSSR count). The molecule has 0 aromatic heterocycles. The molecule has 1 amide bonds. The van der Waals surface area contributed by atoms with Crippen LogP contribution < -0.4 is 10.1 Å². The van der Waals surface area contributed by atoms with E-state index in [1.54, 1.807) is 11.8 Å². The van der Waals surface area contributed by atoms with Gasteiger partial charge in [0.2, 0.25) is 18.0 Å². The molecule has 19 heteroatoms. The average Bonchev–Trinajstić information content (AvgIpc) is 3.11. The maximum atomic E-state index is 12.4. The predicted octanol–water partition coefficient (Wildman–Crippen LogP) is -2.78. The Morgan fingerprint density at radius 3 is 2.20 bits per heavy atom. The minimum absolute atomic E-state index is 0.134. The van der Waals surface area contributed by atoms with Crippen LogP contribution in [-0.4, -0.2) is 172 Å². The molecule has 2 fully saturated rings. The SMILES string of the molecule is C=CC(=O)OCCOCCOCCCSCCC(=O)Nc1ccc(O[C@@H]2OC(CO)[C@@](O)(O[C@@H]3OC(CO)[C@H](O)[C@H](O)C3O)[C@@H](O)C2O)cc1. The second-order valence-electron chi connectivity index (χ2n) is 11.2. The van der Waals surface area contributed by atoms with Crippen molar-refractivity contribution in [3.05, 3.63) is 36.9 Å². The summed E-state index contributed by atoms with van der Waals surface area (Å²) in [6.45, 7) is 3.31. The van der Waals surface area contributed by atoms with E-state index in [9.17, 15) is 50.4 Å². The first-order chi connectivity index (χ1) is 23.9. The van der Waals surface area contributed by atoms with Crippen molar-refractivity contribution in [3.8, 4) is 5.75 Å². The lowest BCUT2D eigenvalue weighted by molar-refractivity contribution is -0.435. The normalized spacial score (nSPS) is 31.2. The largest absolute Gasteiger partial charge is 0.462 e. The number of amides is 1. The van der Waals surface area contributed by atoms with Crippen LogP contribution in [0, 0.1) is 0 Å². The fourth-order valence-electron chi connectivity index (χ4n) is 4.78. The molecular weight excluding hydrogens is 690 g/mol. The molecule has 0 spiro atoms. The summed E-state index contributed by atoms with van der Waals surface area (Å²) in [6, 6.07) is 5.97. The predicted molar refractivity (Wildman–Crippen MR) is 173 cm³/mol. The van der Waals surface area contributed by atoms with Crippen LogP contribution >= 0.6 is 11.8 Å². The highest BCUT2D eigenvalue weighted by Crippen LogP contribution is 2.36. The van der Waals surface area contributed by atoms with Gasteiger partial charge in [-0.25, -0.2) is 4.79 Å². The highest BCUT2D eigenvalue weighted by molar-refractivity contribution is 7.99. The standard InChI is InChI=1S/C31H47NO17S/c1-2-23(36)45-13-12-44-11-10-43-9-3-14-50-15-8-22(35)32-18-4-6-19(7-5-18)46-29-27(40)28(41)31(42,21(17-34)48-29)49-30-26(39)25(38)24(37)20(16-33)47-30/h2,4-7,20-21,24-30,33-34,37-42H,1,3,8-17H2,(H,32,35)/t20?,21?,24-,25-,26?,27?,28-,29+,30-,31+/m0/s1. The van der Waals surface area contributed by atoms with Gasteiger partial charge in [-0.1, -0.05) is 6.58 Å². The third-order valence-corrected chi connectivity index (χ3v) is 8.63. The van der Waals surface area contributed by atoms with E-state index in [0.717, 1.165) is 18.2 Å². The maximum Gasteiger partial charge on any atom is 0.330 e. The molecule has 2 aliphatic rings. The van der Waals surface area contributed by atoms with E-state index in [-0.39, 0.29) is 31.3 Å². The van der Waals surface area contributed by atoms with Gasteiger partial charge in [-0.2, -0.15) is 11.8 Å². The molecule has 0 aliphatic carbocycles. The van der Waals surface area contributed by atoms with Gasteiger partial charge in [0.1, 0.15) is 55.1 Å². The summed E-state index contributed by atoms with van der Waals surface area (Å²) in [5, 5.41) is 84.9. The number of ether oxygens (including phenoxy) is 7. The van der Waals surface area contributed by atoms with Gasteiger partial charge in [-0.15, -0.1) is 0 Å². The molecule has 0 saturated carbocycles. The average molecular weight is 738 g/mol. The first-order valence-electron chi connectivity index (χ1n) is 15.9. The number of aliphatic hydroxyl groups excluding tert-OH is 7. The van der Waals surface area contributed by atoms with Gasteiger partial charge < -0.3 is 79.3 Å². The fraction of sp³-hybridized carbons (Fsp3) is 0.677. The smallest absolute Gasteiger partial charge is 0.330 e. The summed E-state index contributed by atoms with van der Waals surface area (Å²) >= 11 is 1.61. The van der Waals surface area contributed by atoms with E-state index in [4.69, 9.17) is 33.2 Å². The van der Waals surface area contributed by atoms with Gasteiger partial charge in [0.05, 0.1) is 33.0 Å². The molecule has 1 aromatic rings. The van der Waals surface area contributed by atoms with Gasteiger partial charge in [0, 0.05) is 30.5 Å². The molecule has 10 atom stereocenters. The van der Waals surface area contributed by atoms with Crippen LogP contribution in [0.1, 0.15) is 12.8 Å². The molecular formula is C31H47NO17S. The monoisotopic (exact) mass is 737 g/mol. The summed E-state index contributed by atoms with van der Waals surface area (Å²) in [5.41, 5.74) is 0.461. The number of hydrogen-bond donors (Lipinski definition) is 9. The van der Waals surface area contributed by atoms with Crippen molar-refractivity contribution < 1.29 is 83.6 Å². The van der Waals surface area contributed by atoms with Crippen LogP contribution in [0.5, 0.6) is 5.75 Å². The first-order valence-corrected chi connectivity index (χ1v) is 17.0. The number of hydrogen-bond acceptors (Lipinski definition) is 18. The minimum atomic E-state index is -2.90. The minimum Gasteiger partial charge on any atom is -0.462 e.